The van der Waals surface area contributed by atoms with Crippen LogP contribution in [0.15, 0.2) is 29.3 Å². The second kappa shape index (κ2) is 9.32. The van der Waals surface area contributed by atoms with Crippen LogP contribution >= 0.6 is 24.0 Å². The number of ether oxygens (including phenoxy) is 1. The van der Waals surface area contributed by atoms with Gasteiger partial charge in [0.1, 0.15) is 5.75 Å². The zero-order chi connectivity index (χ0) is 16.1. The first-order valence-corrected chi connectivity index (χ1v) is 7.82. The van der Waals surface area contributed by atoms with Gasteiger partial charge in [0.15, 0.2) is 5.96 Å². The highest BCUT2D eigenvalue weighted by atomic mass is 127. The molecule has 0 aliphatic heterocycles. The van der Waals surface area contributed by atoms with E-state index in [0.29, 0.717) is 6.04 Å². The van der Waals surface area contributed by atoms with Gasteiger partial charge in [0, 0.05) is 19.6 Å². The molecule has 0 aromatic heterocycles. The molecule has 0 radical (unpaired) electrons. The van der Waals surface area contributed by atoms with Crippen LogP contribution in [0, 0.1) is 5.92 Å². The third-order valence-corrected chi connectivity index (χ3v) is 4.22. The second-order valence-electron chi connectivity index (χ2n) is 6.17. The standard InChI is InChI=1S/C17H28N4O.HI/c1-12-9-15(12)20-17(18-2)19-11-16(21(3)4)13-7-6-8-14(10-13)22-5;/h6-8,10,12,15-16H,9,11H2,1-5H3,(H2,18,19,20);1H. The van der Waals surface area contributed by atoms with Crippen molar-refractivity contribution in [2.75, 3.05) is 34.8 Å². The molecule has 0 heterocycles. The molecule has 130 valence electrons. The summed E-state index contributed by atoms with van der Waals surface area (Å²) in [6.07, 6.45) is 1.23. The molecule has 0 spiro atoms. The topological polar surface area (TPSA) is 48.9 Å². The Morgan fingerprint density at radius 3 is 2.65 bits per heavy atom. The SMILES string of the molecule is CN=C(NCC(c1cccc(OC)c1)N(C)C)NC1CC1C.I. The van der Waals surface area contributed by atoms with Crippen LogP contribution in [0.4, 0.5) is 0 Å². The van der Waals surface area contributed by atoms with Crippen molar-refractivity contribution in [1.29, 1.82) is 0 Å². The number of guanidine groups is 1. The number of benzene rings is 1. The van der Waals surface area contributed by atoms with E-state index in [9.17, 15) is 0 Å². The zero-order valence-corrected chi connectivity index (χ0v) is 17.0. The number of rotatable bonds is 6. The van der Waals surface area contributed by atoms with Gasteiger partial charge in [-0.15, -0.1) is 24.0 Å². The Kier molecular flexibility index (Phi) is 8.11. The summed E-state index contributed by atoms with van der Waals surface area (Å²) in [4.78, 5) is 6.52. The molecule has 1 aromatic carbocycles. The highest BCUT2D eigenvalue weighted by molar-refractivity contribution is 14.0. The fourth-order valence-electron chi connectivity index (χ4n) is 2.53. The number of hydrogen-bond donors (Lipinski definition) is 2. The average molecular weight is 432 g/mol. The highest BCUT2D eigenvalue weighted by Gasteiger charge is 2.33. The van der Waals surface area contributed by atoms with Gasteiger partial charge in [0.05, 0.1) is 13.2 Å². The first-order valence-electron chi connectivity index (χ1n) is 7.82. The van der Waals surface area contributed by atoms with Gasteiger partial charge in [-0.1, -0.05) is 19.1 Å². The van der Waals surface area contributed by atoms with Crippen molar-refractivity contribution < 1.29 is 4.74 Å². The fraction of sp³-hybridized carbons (Fsp3) is 0.588. The molecule has 2 N–H and O–H groups in total. The lowest BCUT2D eigenvalue weighted by atomic mass is 10.1. The minimum Gasteiger partial charge on any atom is -0.497 e. The molecule has 0 amide bonds. The molecule has 3 unspecified atom stereocenters. The quantitative estimate of drug-likeness (QED) is 0.412. The van der Waals surface area contributed by atoms with Crippen LogP contribution in [0.25, 0.3) is 0 Å². The largest absolute Gasteiger partial charge is 0.497 e. The fourth-order valence-corrected chi connectivity index (χ4v) is 2.53. The van der Waals surface area contributed by atoms with Crippen molar-refractivity contribution in [3.8, 4) is 5.75 Å². The maximum absolute atomic E-state index is 5.33. The van der Waals surface area contributed by atoms with E-state index in [0.717, 1.165) is 24.2 Å². The Labute approximate surface area is 156 Å². The van der Waals surface area contributed by atoms with E-state index in [4.69, 9.17) is 4.74 Å². The summed E-state index contributed by atoms with van der Waals surface area (Å²) in [5, 5.41) is 6.89. The first kappa shape index (κ1) is 20.0. The Bertz CT molecular complexity index is 521. The van der Waals surface area contributed by atoms with Crippen molar-refractivity contribution in [2.24, 2.45) is 10.9 Å². The van der Waals surface area contributed by atoms with Gasteiger partial charge in [-0.2, -0.15) is 0 Å². The summed E-state index contributed by atoms with van der Waals surface area (Å²) < 4.78 is 5.33. The number of hydrogen-bond acceptors (Lipinski definition) is 3. The van der Waals surface area contributed by atoms with Gasteiger partial charge in [-0.25, -0.2) is 0 Å². The molecular formula is C17H29IN4O. The molecule has 5 nitrogen and oxygen atoms in total. The molecule has 6 heteroatoms. The molecule has 23 heavy (non-hydrogen) atoms. The number of methoxy groups -OCH3 is 1. The molecule has 1 fully saturated rings. The van der Waals surface area contributed by atoms with Crippen molar-refractivity contribution in [3.63, 3.8) is 0 Å². The van der Waals surface area contributed by atoms with Crippen molar-refractivity contribution >= 4 is 29.9 Å². The zero-order valence-electron chi connectivity index (χ0n) is 14.7. The number of aliphatic imine (C=N–C) groups is 1. The number of nitrogens with one attached hydrogen (secondary N) is 2. The van der Waals surface area contributed by atoms with Crippen molar-refractivity contribution in [3.05, 3.63) is 29.8 Å². The number of likely N-dealkylation sites (N-methyl/N-ethyl adjacent to an activating group) is 1. The molecule has 1 saturated carbocycles. The molecule has 0 bridgehead atoms. The van der Waals surface area contributed by atoms with Crippen LogP contribution in [-0.4, -0.2) is 51.7 Å². The Hall–Kier alpha value is -1.02. The first-order chi connectivity index (χ1) is 10.5. The minimum atomic E-state index is 0. The second-order valence-corrected chi connectivity index (χ2v) is 6.17. The van der Waals surface area contributed by atoms with Gasteiger partial charge in [0.25, 0.3) is 0 Å². The van der Waals surface area contributed by atoms with E-state index < -0.39 is 0 Å². The Morgan fingerprint density at radius 1 is 1.43 bits per heavy atom. The van der Waals surface area contributed by atoms with Gasteiger partial charge in [0.2, 0.25) is 0 Å². The maximum atomic E-state index is 5.33. The molecular weight excluding hydrogens is 403 g/mol. The van der Waals surface area contributed by atoms with Gasteiger partial charge < -0.3 is 20.3 Å². The van der Waals surface area contributed by atoms with Crippen LogP contribution in [0.1, 0.15) is 24.9 Å². The minimum absolute atomic E-state index is 0. The lowest BCUT2D eigenvalue weighted by Crippen LogP contribution is -2.42. The van der Waals surface area contributed by atoms with E-state index in [-0.39, 0.29) is 30.0 Å². The molecule has 1 aromatic rings. The summed E-state index contributed by atoms with van der Waals surface area (Å²) in [6, 6.07) is 9.05. The predicted octanol–water partition coefficient (Wildman–Crippen LogP) is 2.49. The summed E-state index contributed by atoms with van der Waals surface area (Å²) >= 11 is 0. The maximum Gasteiger partial charge on any atom is 0.191 e. The summed E-state index contributed by atoms with van der Waals surface area (Å²) in [7, 11) is 7.69. The number of halogens is 1. The summed E-state index contributed by atoms with van der Waals surface area (Å²) in [6.45, 7) is 3.05. The lowest BCUT2D eigenvalue weighted by Gasteiger charge is -2.26. The molecule has 1 aliphatic rings. The molecule has 3 atom stereocenters. The van der Waals surface area contributed by atoms with Gasteiger partial charge in [-0.05, 0) is 44.1 Å². The third kappa shape index (κ3) is 5.84. The smallest absolute Gasteiger partial charge is 0.191 e. The van der Waals surface area contributed by atoms with Crippen molar-refractivity contribution in [1.82, 2.24) is 15.5 Å². The van der Waals surface area contributed by atoms with Gasteiger partial charge in [-0.3, -0.25) is 4.99 Å². The highest BCUT2D eigenvalue weighted by Crippen LogP contribution is 2.28. The monoisotopic (exact) mass is 432 g/mol. The van der Waals surface area contributed by atoms with Crippen molar-refractivity contribution in [2.45, 2.75) is 25.4 Å². The lowest BCUT2D eigenvalue weighted by molar-refractivity contribution is 0.297. The summed E-state index contributed by atoms with van der Waals surface area (Å²) in [5.41, 5.74) is 1.23. The molecule has 0 saturated heterocycles. The third-order valence-electron chi connectivity index (χ3n) is 4.22. The van der Waals surface area contributed by atoms with E-state index in [1.807, 2.05) is 19.2 Å². The van der Waals surface area contributed by atoms with E-state index in [2.05, 4.69) is 53.7 Å². The van der Waals surface area contributed by atoms with Gasteiger partial charge >= 0.3 is 0 Å². The normalized spacial score (nSPS) is 21.4. The van der Waals surface area contributed by atoms with E-state index in [1.165, 1.54) is 12.0 Å². The predicted molar refractivity (Wildman–Crippen MR) is 107 cm³/mol. The van der Waals surface area contributed by atoms with Crippen LogP contribution in [-0.2, 0) is 0 Å². The van der Waals surface area contributed by atoms with E-state index in [1.54, 1.807) is 7.11 Å². The number of nitrogens with zero attached hydrogens (tertiary/aromatic N) is 2. The van der Waals surface area contributed by atoms with Crippen LogP contribution < -0.4 is 15.4 Å². The Morgan fingerprint density at radius 2 is 2.13 bits per heavy atom. The van der Waals surface area contributed by atoms with Crippen LogP contribution in [0.3, 0.4) is 0 Å². The summed E-state index contributed by atoms with van der Waals surface area (Å²) in [5.74, 6) is 2.52. The molecule has 1 aliphatic carbocycles. The average Bonchev–Trinajstić information content (AvgIpc) is 3.21. The molecule has 2 rings (SSSR count). The van der Waals surface area contributed by atoms with E-state index >= 15 is 0 Å². The van der Waals surface area contributed by atoms with Crippen LogP contribution in [0.2, 0.25) is 0 Å². The van der Waals surface area contributed by atoms with Crippen LogP contribution in [0.5, 0.6) is 5.75 Å². The Balaban J connectivity index is 0.00000264.